The van der Waals surface area contributed by atoms with Crippen molar-refractivity contribution in [1.82, 2.24) is 15.2 Å². The Bertz CT molecular complexity index is 744. The molecule has 2 amide bonds. The number of nitrogens with zero attached hydrogens (tertiary/aromatic N) is 3. The summed E-state index contributed by atoms with van der Waals surface area (Å²) in [6.45, 7) is 6.88. The molecule has 1 aliphatic rings. The maximum absolute atomic E-state index is 12.5. The van der Waals surface area contributed by atoms with Crippen molar-refractivity contribution in [3.8, 4) is 0 Å². The lowest BCUT2D eigenvalue weighted by Crippen LogP contribution is -2.52. The third kappa shape index (κ3) is 4.42. The lowest BCUT2D eigenvalue weighted by molar-refractivity contribution is 0.191. The molecule has 3 rings (SSSR count). The number of carbonyl (C=O) groups excluding carboxylic acids is 1. The van der Waals surface area contributed by atoms with Gasteiger partial charge in [0.25, 0.3) is 0 Å². The van der Waals surface area contributed by atoms with Crippen LogP contribution >= 0.6 is 11.6 Å². The molecule has 132 valence electrons. The molecular weight excluding hydrogens is 336 g/mol. The van der Waals surface area contributed by atoms with Gasteiger partial charge in [-0.2, -0.15) is 0 Å². The number of benzene rings is 1. The number of anilines is 1. The molecule has 1 aliphatic heterocycles. The number of pyridine rings is 1. The largest absolute Gasteiger partial charge is 0.368 e. The van der Waals surface area contributed by atoms with Gasteiger partial charge < -0.3 is 15.1 Å². The van der Waals surface area contributed by atoms with Gasteiger partial charge in [0.05, 0.1) is 11.7 Å². The number of hydrogen-bond acceptors (Lipinski definition) is 3. The molecule has 1 saturated heterocycles. The number of aryl methyl sites for hydroxylation is 1. The van der Waals surface area contributed by atoms with E-state index in [9.17, 15) is 4.79 Å². The Morgan fingerprint density at radius 2 is 1.88 bits per heavy atom. The van der Waals surface area contributed by atoms with Crippen LogP contribution in [0.1, 0.15) is 24.4 Å². The minimum absolute atomic E-state index is 0.0402. The average Bonchev–Trinajstić information content (AvgIpc) is 2.62. The molecule has 0 spiro atoms. The second kappa shape index (κ2) is 7.74. The van der Waals surface area contributed by atoms with Crippen molar-refractivity contribution in [2.75, 3.05) is 31.1 Å². The van der Waals surface area contributed by atoms with Crippen molar-refractivity contribution < 1.29 is 4.79 Å². The van der Waals surface area contributed by atoms with Gasteiger partial charge in [0, 0.05) is 42.6 Å². The number of aromatic nitrogens is 1. The van der Waals surface area contributed by atoms with Crippen LogP contribution in [0.3, 0.4) is 0 Å². The van der Waals surface area contributed by atoms with E-state index in [0.29, 0.717) is 13.1 Å². The van der Waals surface area contributed by atoms with Crippen LogP contribution in [-0.2, 0) is 0 Å². The molecular formula is C19H23ClN4O. The molecule has 1 aromatic heterocycles. The van der Waals surface area contributed by atoms with Crippen LogP contribution in [0.4, 0.5) is 10.5 Å². The van der Waals surface area contributed by atoms with Crippen molar-refractivity contribution >= 4 is 23.3 Å². The summed E-state index contributed by atoms with van der Waals surface area (Å²) in [5.74, 6) is 0. The highest BCUT2D eigenvalue weighted by molar-refractivity contribution is 6.30. The van der Waals surface area contributed by atoms with Crippen molar-refractivity contribution in [2.45, 2.75) is 19.9 Å². The summed E-state index contributed by atoms with van der Waals surface area (Å²) in [4.78, 5) is 21.1. The Labute approximate surface area is 153 Å². The summed E-state index contributed by atoms with van der Waals surface area (Å²) in [6.07, 6.45) is 0. The summed E-state index contributed by atoms with van der Waals surface area (Å²) >= 11 is 6.06. The molecule has 0 radical (unpaired) electrons. The van der Waals surface area contributed by atoms with Crippen LogP contribution in [0.15, 0.2) is 42.5 Å². The van der Waals surface area contributed by atoms with Gasteiger partial charge in [0.15, 0.2) is 0 Å². The highest BCUT2D eigenvalue weighted by Gasteiger charge is 2.23. The second-order valence-corrected chi connectivity index (χ2v) is 6.77. The monoisotopic (exact) mass is 358 g/mol. The number of urea groups is 1. The van der Waals surface area contributed by atoms with E-state index in [4.69, 9.17) is 11.6 Å². The quantitative estimate of drug-likeness (QED) is 0.911. The summed E-state index contributed by atoms with van der Waals surface area (Å²) < 4.78 is 0. The number of carbonyl (C=O) groups is 1. The minimum Gasteiger partial charge on any atom is -0.368 e. The van der Waals surface area contributed by atoms with E-state index in [0.717, 1.165) is 35.2 Å². The summed E-state index contributed by atoms with van der Waals surface area (Å²) in [5.41, 5.74) is 2.93. The average molecular weight is 359 g/mol. The first kappa shape index (κ1) is 17.5. The number of halogens is 1. The molecule has 2 heterocycles. The fourth-order valence-electron chi connectivity index (χ4n) is 3.00. The Hall–Kier alpha value is -2.27. The third-order valence-electron chi connectivity index (χ3n) is 4.43. The molecule has 5 nitrogen and oxygen atoms in total. The van der Waals surface area contributed by atoms with Gasteiger partial charge in [0.2, 0.25) is 0 Å². The molecule has 0 bridgehead atoms. The van der Waals surface area contributed by atoms with Crippen LogP contribution < -0.4 is 10.2 Å². The van der Waals surface area contributed by atoms with Crippen LogP contribution in [0.25, 0.3) is 0 Å². The lowest BCUT2D eigenvalue weighted by atomic mass is 10.2. The number of piperazine rings is 1. The molecule has 1 fully saturated rings. The van der Waals surface area contributed by atoms with Gasteiger partial charge in [-0.25, -0.2) is 4.79 Å². The number of nitrogens with one attached hydrogen (secondary N) is 1. The Morgan fingerprint density at radius 1 is 1.16 bits per heavy atom. The zero-order valence-electron chi connectivity index (χ0n) is 14.6. The minimum atomic E-state index is -0.113. The molecule has 1 unspecified atom stereocenters. The van der Waals surface area contributed by atoms with E-state index in [1.807, 2.05) is 61.2 Å². The molecule has 2 aromatic rings. The first-order chi connectivity index (χ1) is 12.0. The van der Waals surface area contributed by atoms with E-state index in [-0.39, 0.29) is 12.1 Å². The van der Waals surface area contributed by atoms with Gasteiger partial charge in [0.1, 0.15) is 0 Å². The summed E-state index contributed by atoms with van der Waals surface area (Å²) in [7, 11) is 0. The zero-order valence-corrected chi connectivity index (χ0v) is 15.3. The molecule has 25 heavy (non-hydrogen) atoms. The van der Waals surface area contributed by atoms with E-state index in [1.54, 1.807) is 0 Å². The fraction of sp³-hybridized carbons (Fsp3) is 0.368. The van der Waals surface area contributed by atoms with Crippen LogP contribution in [0, 0.1) is 6.92 Å². The van der Waals surface area contributed by atoms with Crippen molar-refractivity contribution in [1.29, 1.82) is 0 Å². The van der Waals surface area contributed by atoms with Crippen molar-refractivity contribution in [3.05, 3.63) is 58.9 Å². The Morgan fingerprint density at radius 3 is 2.56 bits per heavy atom. The maximum atomic E-state index is 12.5. The number of rotatable bonds is 3. The van der Waals surface area contributed by atoms with Crippen molar-refractivity contribution in [2.24, 2.45) is 0 Å². The predicted octanol–water partition coefficient (Wildman–Crippen LogP) is 3.64. The number of amides is 2. The van der Waals surface area contributed by atoms with Gasteiger partial charge in [-0.1, -0.05) is 23.7 Å². The standard InChI is InChI=1S/C19H23ClN4O/c1-14-5-3-8-18(21-14)15(2)22-19(25)24-11-9-23(10-12-24)17-7-4-6-16(20)13-17/h3-8,13,15H,9-12H2,1-2H3,(H,22,25). The van der Waals surface area contributed by atoms with E-state index < -0.39 is 0 Å². The van der Waals surface area contributed by atoms with Gasteiger partial charge >= 0.3 is 6.03 Å². The van der Waals surface area contributed by atoms with E-state index in [2.05, 4.69) is 15.2 Å². The maximum Gasteiger partial charge on any atom is 0.318 e. The molecule has 1 aromatic carbocycles. The fourth-order valence-corrected chi connectivity index (χ4v) is 3.18. The molecule has 1 atom stereocenters. The summed E-state index contributed by atoms with van der Waals surface area (Å²) in [5, 5.41) is 3.78. The Balaban J connectivity index is 1.54. The third-order valence-corrected chi connectivity index (χ3v) is 4.67. The highest BCUT2D eigenvalue weighted by Crippen LogP contribution is 2.21. The van der Waals surface area contributed by atoms with Gasteiger partial charge in [-0.3, -0.25) is 4.98 Å². The van der Waals surface area contributed by atoms with E-state index >= 15 is 0 Å². The smallest absolute Gasteiger partial charge is 0.318 e. The van der Waals surface area contributed by atoms with Gasteiger partial charge in [-0.15, -0.1) is 0 Å². The SMILES string of the molecule is Cc1cccc(C(C)NC(=O)N2CCN(c3cccc(Cl)c3)CC2)n1. The first-order valence-electron chi connectivity index (χ1n) is 8.52. The zero-order chi connectivity index (χ0) is 17.8. The summed E-state index contributed by atoms with van der Waals surface area (Å²) in [6, 6.07) is 13.5. The van der Waals surface area contributed by atoms with Crippen LogP contribution in [-0.4, -0.2) is 42.1 Å². The van der Waals surface area contributed by atoms with Gasteiger partial charge in [-0.05, 0) is 44.2 Å². The van der Waals surface area contributed by atoms with E-state index in [1.165, 1.54) is 0 Å². The lowest BCUT2D eigenvalue weighted by Gasteiger charge is -2.36. The number of hydrogen-bond donors (Lipinski definition) is 1. The molecule has 6 heteroatoms. The topological polar surface area (TPSA) is 48.5 Å². The Kier molecular flexibility index (Phi) is 5.43. The highest BCUT2D eigenvalue weighted by atomic mass is 35.5. The van der Waals surface area contributed by atoms with Crippen LogP contribution in [0.2, 0.25) is 5.02 Å². The second-order valence-electron chi connectivity index (χ2n) is 6.33. The molecule has 1 N–H and O–H groups in total. The molecule has 0 aliphatic carbocycles. The van der Waals surface area contributed by atoms with Crippen molar-refractivity contribution in [3.63, 3.8) is 0 Å². The molecule has 0 saturated carbocycles. The predicted molar refractivity (Wildman–Crippen MR) is 101 cm³/mol. The first-order valence-corrected chi connectivity index (χ1v) is 8.90. The normalized spacial score (nSPS) is 15.8. The van der Waals surface area contributed by atoms with Crippen LogP contribution in [0.5, 0.6) is 0 Å².